The first kappa shape index (κ1) is 7.03. The van der Waals surface area contributed by atoms with Crippen LogP contribution in [-0.2, 0) is 0 Å². The zero-order chi connectivity index (χ0) is 6.69. The highest BCUT2D eigenvalue weighted by molar-refractivity contribution is 4.74. The van der Waals surface area contributed by atoms with Crippen LogP contribution in [0.5, 0.6) is 0 Å². The predicted octanol–water partition coefficient (Wildman–Crippen LogP) is 0.339. The second kappa shape index (κ2) is 3.18. The third-order valence-electron chi connectivity index (χ3n) is 1.95. The van der Waals surface area contributed by atoms with Crippen molar-refractivity contribution in [3.05, 3.63) is 7.05 Å². The van der Waals surface area contributed by atoms with Crippen molar-refractivity contribution >= 4 is 0 Å². The molecule has 2 nitrogen and oxygen atoms in total. The minimum absolute atomic E-state index is 0.557. The molecule has 0 unspecified atom stereocenters. The molecule has 0 aromatic rings. The maximum absolute atomic E-state index is 5.28. The Labute approximate surface area is 57.2 Å². The van der Waals surface area contributed by atoms with Gasteiger partial charge in [0.1, 0.15) is 0 Å². The van der Waals surface area contributed by atoms with Gasteiger partial charge in [0.05, 0.1) is 0 Å². The molecule has 0 aromatic heterocycles. The second-order valence-corrected chi connectivity index (χ2v) is 2.74. The van der Waals surface area contributed by atoms with Gasteiger partial charge in [-0.05, 0) is 33.0 Å². The van der Waals surface area contributed by atoms with Crippen LogP contribution in [0, 0.1) is 7.05 Å². The molecule has 2 heteroatoms. The summed E-state index contributed by atoms with van der Waals surface area (Å²) >= 11 is 0. The topological polar surface area (TPSA) is 15.3 Å². The van der Waals surface area contributed by atoms with Crippen molar-refractivity contribution in [1.29, 1.82) is 0 Å². The lowest BCUT2D eigenvalue weighted by Crippen LogP contribution is -2.38. The van der Waals surface area contributed by atoms with Gasteiger partial charge in [-0.1, -0.05) is 0 Å². The first-order valence-electron chi connectivity index (χ1n) is 3.47. The van der Waals surface area contributed by atoms with E-state index >= 15 is 0 Å². The fraction of sp³-hybridized carbons (Fsp3) is 0.857. The highest BCUT2D eigenvalue weighted by Gasteiger charge is 2.13. The molecule has 1 heterocycles. The summed E-state index contributed by atoms with van der Waals surface area (Å²) in [6.45, 7) is 2.35. The lowest BCUT2D eigenvalue weighted by Gasteiger charge is -2.28. The van der Waals surface area contributed by atoms with Gasteiger partial charge in [-0.3, -0.25) is 0 Å². The molecule has 1 N–H and O–H groups in total. The molecule has 0 bridgehead atoms. The van der Waals surface area contributed by atoms with Crippen LogP contribution in [0.15, 0.2) is 0 Å². The van der Waals surface area contributed by atoms with E-state index in [4.69, 9.17) is 7.05 Å². The molecule has 1 saturated heterocycles. The van der Waals surface area contributed by atoms with Crippen LogP contribution in [-0.4, -0.2) is 31.1 Å². The minimum Gasteiger partial charge on any atom is -0.308 e. The highest BCUT2D eigenvalue weighted by Crippen LogP contribution is 2.06. The number of nitrogens with one attached hydrogen (secondary N) is 1. The normalized spacial score (nSPS) is 24.7. The Hall–Kier alpha value is -0.0800. The maximum atomic E-state index is 5.28. The van der Waals surface area contributed by atoms with Crippen molar-refractivity contribution in [1.82, 2.24) is 10.2 Å². The fourth-order valence-corrected chi connectivity index (χ4v) is 1.18. The van der Waals surface area contributed by atoms with Gasteiger partial charge in [-0.15, -0.1) is 0 Å². The SMILES string of the molecule is [CH]NC1CCN(C)CC1. The first-order valence-corrected chi connectivity index (χ1v) is 3.47. The summed E-state index contributed by atoms with van der Waals surface area (Å²) in [4.78, 5) is 2.33. The molecule has 9 heavy (non-hydrogen) atoms. The number of hydrogen-bond acceptors (Lipinski definition) is 2. The Morgan fingerprint density at radius 1 is 1.44 bits per heavy atom. The van der Waals surface area contributed by atoms with Gasteiger partial charge in [-0.25, -0.2) is 0 Å². The van der Waals surface area contributed by atoms with E-state index in [1.165, 1.54) is 25.9 Å². The van der Waals surface area contributed by atoms with Crippen LogP contribution in [0.2, 0.25) is 0 Å². The number of rotatable bonds is 1. The Morgan fingerprint density at radius 2 is 2.00 bits per heavy atom. The van der Waals surface area contributed by atoms with Gasteiger partial charge in [0.2, 0.25) is 0 Å². The Bertz CT molecular complexity index is 75.0. The largest absolute Gasteiger partial charge is 0.308 e. The van der Waals surface area contributed by atoms with Gasteiger partial charge < -0.3 is 10.2 Å². The van der Waals surface area contributed by atoms with Crippen molar-refractivity contribution in [2.24, 2.45) is 0 Å². The van der Waals surface area contributed by atoms with E-state index in [0.29, 0.717) is 6.04 Å². The second-order valence-electron chi connectivity index (χ2n) is 2.74. The van der Waals surface area contributed by atoms with E-state index in [0.717, 1.165) is 0 Å². The van der Waals surface area contributed by atoms with E-state index < -0.39 is 0 Å². The lowest BCUT2D eigenvalue weighted by molar-refractivity contribution is 0.243. The molecule has 1 aliphatic rings. The molecule has 1 aliphatic heterocycles. The molecule has 1 fully saturated rings. The van der Waals surface area contributed by atoms with Crippen LogP contribution in [0.3, 0.4) is 0 Å². The van der Waals surface area contributed by atoms with Crippen LogP contribution in [0.4, 0.5) is 0 Å². The van der Waals surface area contributed by atoms with Gasteiger partial charge in [-0.2, -0.15) is 0 Å². The number of piperidine rings is 1. The molecule has 0 aliphatic carbocycles. The Balaban J connectivity index is 2.18. The highest BCUT2D eigenvalue weighted by atomic mass is 15.1. The van der Waals surface area contributed by atoms with E-state index in [2.05, 4.69) is 17.3 Å². The summed E-state index contributed by atoms with van der Waals surface area (Å²) in [5.74, 6) is 0. The van der Waals surface area contributed by atoms with Crippen molar-refractivity contribution < 1.29 is 0 Å². The van der Waals surface area contributed by atoms with Gasteiger partial charge >= 0.3 is 0 Å². The maximum Gasteiger partial charge on any atom is 0.0409 e. The van der Waals surface area contributed by atoms with Crippen molar-refractivity contribution in [2.75, 3.05) is 20.1 Å². The average molecular weight is 126 g/mol. The van der Waals surface area contributed by atoms with Crippen LogP contribution >= 0.6 is 0 Å². The van der Waals surface area contributed by atoms with E-state index in [1.807, 2.05) is 0 Å². The summed E-state index contributed by atoms with van der Waals surface area (Å²) in [6, 6.07) is 0.557. The zero-order valence-electron chi connectivity index (χ0n) is 5.93. The molecule has 0 atom stereocenters. The summed E-state index contributed by atoms with van der Waals surface area (Å²) in [5, 5.41) is 2.80. The lowest BCUT2D eigenvalue weighted by atomic mass is 10.1. The fourth-order valence-electron chi connectivity index (χ4n) is 1.18. The van der Waals surface area contributed by atoms with Crippen molar-refractivity contribution in [2.45, 2.75) is 18.9 Å². The Kier molecular flexibility index (Phi) is 2.49. The summed E-state index contributed by atoms with van der Waals surface area (Å²) in [6.07, 6.45) is 2.38. The molecule has 0 saturated carbocycles. The molecule has 0 aromatic carbocycles. The summed E-state index contributed by atoms with van der Waals surface area (Å²) < 4.78 is 0. The molecular weight excluding hydrogens is 112 g/mol. The predicted molar refractivity (Wildman–Crippen MR) is 38.0 cm³/mol. The molecule has 0 amide bonds. The van der Waals surface area contributed by atoms with Crippen LogP contribution in [0.1, 0.15) is 12.8 Å². The van der Waals surface area contributed by atoms with Crippen molar-refractivity contribution in [3.63, 3.8) is 0 Å². The molecule has 2 radical (unpaired) electrons. The smallest absolute Gasteiger partial charge is 0.0409 e. The number of hydrogen-bond donors (Lipinski definition) is 1. The molecule has 52 valence electrons. The minimum atomic E-state index is 0.557. The van der Waals surface area contributed by atoms with Crippen LogP contribution in [0.25, 0.3) is 0 Å². The Morgan fingerprint density at radius 3 is 2.44 bits per heavy atom. The van der Waals surface area contributed by atoms with E-state index in [9.17, 15) is 0 Å². The van der Waals surface area contributed by atoms with Gasteiger partial charge in [0.15, 0.2) is 0 Å². The molecular formula is C7H14N2. The van der Waals surface area contributed by atoms with Gasteiger partial charge in [0.25, 0.3) is 0 Å². The average Bonchev–Trinajstić information content (AvgIpc) is 1.90. The van der Waals surface area contributed by atoms with Crippen LogP contribution < -0.4 is 5.32 Å². The summed E-state index contributed by atoms with van der Waals surface area (Å²) in [5.41, 5.74) is 0. The monoisotopic (exact) mass is 126 g/mol. The van der Waals surface area contributed by atoms with Gasteiger partial charge in [0, 0.05) is 13.1 Å². The van der Waals surface area contributed by atoms with E-state index in [1.54, 1.807) is 0 Å². The third-order valence-corrected chi connectivity index (χ3v) is 1.95. The molecule has 0 spiro atoms. The number of nitrogens with zero attached hydrogens (tertiary/aromatic N) is 1. The summed E-state index contributed by atoms with van der Waals surface area (Å²) in [7, 11) is 7.43. The first-order chi connectivity index (χ1) is 4.33. The van der Waals surface area contributed by atoms with Crippen molar-refractivity contribution in [3.8, 4) is 0 Å². The standard InChI is InChI=1S/C7H14N2/c1-8-7-3-5-9(2)6-4-7/h1,7-8H,3-6H2,2H3. The number of likely N-dealkylation sites (tertiary alicyclic amines) is 1. The molecule has 1 rings (SSSR count). The van der Waals surface area contributed by atoms with E-state index in [-0.39, 0.29) is 0 Å². The zero-order valence-corrected chi connectivity index (χ0v) is 5.93. The third kappa shape index (κ3) is 1.95. The quantitative estimate of drug-likeness (QED) is 0.510.